The maximum Gasteiger partial charge on any atom is 0.236 e. The van der Waals surface area contributed by atoms with Crippen molar-refractivity contribution < 1.29 is 9.18 Å². The first-order chi connectivity index (χ1) is 24.4. The highest BCUT2D eigenvalue weighted by Crippen LogP contribution is 2.41. The van der Waals surface area contributed by atoms with Gasteiger partial charge in [-0.1, -0.05) is 49.2 Å². The van der Waals surface area contributed by atoms with Crippen LogP contribution in [-0.4, -0.2) is 89.7 Å². The molecule has 0 saturated carbocycles. The van der Waals surface area contributed by atoms with Crippen molar-refractivity contribution in [2.24, 2.45) is 16.6 Å². The summed E-state index contributed by atoms with van der Waals surface area (Å²) in [5.41, 5.74) is 11.3. The Morgan fingerprint density at radius 3 is 2.62 bits per heavy atom. The number of carbonyl (C=O) groups is 1. The molecule has 4 aliphatic rings. The Labute approximate surface area is 303 Å². The van der Waals surface area contributed by atoms with Gasteiger partial charge in [0.15, 0.2) is 12.1 Å². The lowest BCUT2D eigenvalue weighted by Gasteiger charge is -2.38. The smallest absolute Gasteiger partial charge is 0.236 e. The molecule has 266 valence electrons. The minimum Gasteiger partial charge on any atom is -0.350 e. The number of aromatic nitrogens is 1. The highest BCUT2D eigenvalue weighted by Gasteiger charge is 2.31. The van der Waals surface area contributed by atoms with Crippen molar-refractivity contribution in [2.45, 2.75) is 64.2 Å². The highest BCUT2D eigenvalue weighted by molar-refractivity contribution is 8.00. The zero-order valence-electron chi connectivity index (χ0n) is 29.0. The number of allylic oxidation sites excluding steroid dienone is 1. The van der Waals surface area contributed by atoms with E-state index in [4.69, 9.17) is 10.7 Å². The van der Waals surface area contributed by atoms with Crippen molar-refractivity contribution >= 4 is 46.8 Å². The lowest BCUT2D eigenvalue weighted by Crippen LogP contribution is -2.47. The minimum absolute atomic E-state index is 0.276. The third-order valence-electron chi connectivity index (χ3n) is 10.4. The molecule has 0 bridgehead atoms. The lowest BCUT2D eigenvalue weighted by molar-refractivity contribution is -0.134. The van der Waals surface area contributed by atoms with Crippen LogP contribution in [0, 0.1) is 11.7 Å². The van der Waals surface area contributed by atoms with E-state index < -0.39 is 6.29 Å². The van der Waals surface area contributed by atoms with E-state index in [1.165, 1.54) is 23.1 Å². The molecule has 5 heterocycles. The summed E-state index contributed by atoms with van der Waals surface area (Å²) >= 11 is 3.16. The van der Waals surface area contributed by atoms with Crippen molar-refractivity contribution in [2.75, 3.05) is 56.3 Å². The number of rotatable bonds is 11. The van der Waals surface area contributed by atoms with Gasteiger partial charge in [-0.3, -0.25) is 20.4 Å². The third kappa shape index (κ3) is 8.26. The van der Waals surface area contributed by atoms with Gasteiger partial charge in [0.1, 0.15) is 0 Å². The molecule has 0 spiro atoms. The summed E-state index contributed by atoms with van der Waals surface area (Å²) in [6.07, 6.45) is 9.27. The Hall–Kier alpha value is -3.29. The molecule has 1 amide bonds. The van der Waals surface area contributed by atoms with Crippen LogP contribution < -0.4 is 15.8 Å². The second-order valence-electron chi connectivity index (χ2n) is 13.9. The molecule has 12 heteroatoms. The Morgan fingerprint density at radius 1 is 1.04 bits per heavy atom. The molecule has 0 aliphatic carbocycles. The van der Waals surface area contributed by atoms with Gasteiger partial charge in [0.25, 0.3) is 0 Å². The standard InChI is InChI=1S/C38H49FN8OS2/c1-2-22-49-44-31-9-5-8-30(34(31)39)35-36(32-10-16-41-38(40)42-32)50-37(43-35)28-14-17-45(18-15-28)23-26-11-20-47(21-12-26)33(48)25-46-19-13-27-6-3-4-7-29(27)24-46/h3-10,16,26,28,38,42,44H,2,11-15,17-25,40H2,1H3. The van der Waals surface area contributed by atoms with Crippen LogP contribution in [0.1, 0.15) is 66.0 Å². The van der Waals surface area contributed by atoms with E-state index >= 15 is 4.39 Å². The summed E-state index contributed by atoms with van der Waals surface area (Å²) in [6, 6.07) is 14.1. The number of nitrogens with one attached hydrogen (secondary N) is 2. The summed E-state index contributed by atoms with van der Waals surface area (Å²) < 4.78 is 19.1. The van der Waals surface area contributed by atoms with Gasteiger partial charge in [-0.25, -0.2) is 9.37 Å². The molecular formula is C38H49FN8OS2. The zero-order chi connectivity index (χ0) is 34.5. The average molecular weight is 717 g/mol. The maximum atomic E-state index is 15.9. The van der Waals surface area contributed by atoms with Crippen LogP contribution in [0.2, 0.25) is 0 Å². The van der Waals surface area contributed by atoms with E-state index in [9.17, 15) is 4.79 Å². The Kier molecular flexibility index (Phi) is 11.5. The number of thiazole rings is 1. The second kappa shape index (κ2) is 16.4. The molecule has 4 aliphatic heterocycles. The fourth-order valence-electron chi connectivity index (χ4n) is 7.57. The first kappa shape index (κ1) is 35.1. The summed E-state index contributed by atoms with van der Waals surface area (Å²) in [4.78, 5) is 30.4. The quantitative estimate of drug-likeness (QED) is 0.161. The number of hydrogen-bond donors (Lipinski definition) is 3. The van der Waals surface area contributed by atoms with Gasteiger partial charge in [-0.2, -0.15) is 0 Å². The molecule has 50 heavy (non-hydrogen) atoms. The van der Waals surface area contributed by atoms with Crippen LogP contribution in [0.25, 0.3) is 17.0 Å². The fourth-order valence-corrected chi connectivity index (χ4v) is 9.43. The monoisotopic (exact) mass is 716 g/mol. The number of benzene rings is 2. The Balaban J connectivity index is 0.941. The number of nitrogens with zero attached hydrogens (tertiary/aromatic N) is 5. The molecule has 2 fully saturated rings. The van der Waals surface area contributed by atoms with Crippen LogP contribution in [0.3, 0.4) is 0 Å². The largest absolute Gasteiger partial charge is 0.350 e. The molecule has 1 atom stereocenters. The number of amides is 1. The second-order valence-corrected chi connectivity index (χ2v) is 15.9. The summed E-state index contributed by atoms with van der Waals surface area (Å²) in [5, 5.41) is 4.31. The van der Waals surface area contributed by atoms with E-state index in [1.54, 1.807) is 23.6 Å². The van der Waals surface area contributed by atoms with Crippen molar-refractivity contribution in [3.63, 3.8) is 0 Å². The third-order valence-corrected chi connectivity index (χ3v) is 12.6. The number of anilines is 1. The van der Waals surface area contributed by atoms with Gasteiger partial charge in [-0.15, -0.1) is 11.3 Å². The van der Waals surface area contributed by atoms with Crippen LogP contribution in [0.5, 0.6) is 0 Å². The van der Waals surface area contributed by atoms with Gasteiger partial charge < -0.3 is 19.8 Å². The van der Waals surface area contributed by atoms with Gasteiger partial charge in [0.2, 0.25) is 5.91 Å². The lowest BCUT2D eigenvalue weighted by atomic mass is 9.93. The number of fused-ring (bicyclic) bond motifs is 1. The predicted octanol–water partition coefficient (Wildman–Crippen LogP) is 6.15. The topological polar surface area (TPSA) is 102 Å². The van der Waals surface area contributed by atoms with E-state index in [1.807, 2.05) is 18.2 Å². The van der Waals surface area contributed by atoms with Crippen molar-refractivity contribution in [1.29, 1.82) is 0 Å². The molecule has 9 nitrogen and oxygen atoms in total. The number of piperidine rings is 2. The van der Waals surface area contributed by atoms with Crippen LogP contribution >= 0.6 is 23.3 Å². The van der Waals surface area contributed by atoms with E-state index in [-0.39, 0.29) is 11.7 Å². The summed E-state index contributed by atoms with van der Waals surface area (Å²) in [5.74, 6) is 1.82. The number of likely N-dealkylation sites (tertiary alicyclic amines) is 2. The molecule has 2 aromatic carbocycles. The van der Waals surface area contributed by atoms with Crippen LogP contribution in [0.4, 0.5) is 10.1 Å². The molecule has 0 radical (unpaired) electrons. The number of halogens is 1. The zero-order valence-corrected chi connectivity index (χ0v) is 30.6. The fraction of sp³-hybridized carbons (Fsp3) is 0.500. The van der Waals surface area contributed by atoms with Crippen molar-refractivity contribution in [3.8, 4) is 11.3 Å². The van der Waals surface area contributed by atoms with Crippen LogP contribution in [0.15, 0.2) is 53.5 Å². The molecule has 7 rings (SSSR count). The van der Waals surface area contributed by atoms with Gasteiger partial charge >= 0.3 is 0 Å². The van der Waals surface area contributed by atoms with Crippen LogP contribution in [-0.2, 0) is 17.8 Å². The first-order valence-electron chi connectivity index (χ1n) is 18.2. The minimum atomic E-state index is -0.544. The van der Waals surface area contributed by atoms with E-state index in [0.29, 0.717) is 35.3 Å². The first-order valence-corrected chi connectivity index (χ1v) is 20.0. The van der Waals surface area contributed by atoms with E-state index in [0.717, 1.165) is 106 Å². The number of nitrogens with two attached hydrogens (primary N) is 1. The van der Waals surface area contributed by atoms with E-state index in [2.05, 4.69) is 60.9 Å². The summed E-state index contributed by atoms with van der Waals surface area (Å²) in [6.45, 7) is 9.30. The number of carbonyl (C=O) groups excluding carboxylic acids is 1. The SMILES string of the molecule is CCCSNc1cccc(-c2nc(C3CCN(CC4CCN(C(=O)CN5CCc6ccccc6C5)CC4)CC3)sc2C2=CC=NC(N)N2)c1F. The molecule has 4 N–H and O–H groups in total. The molecular weight excluding hydrogens is 668 g/mol. The summed E-state index contributed by atoms with van der Waals surface area (Å²) in [7, 11) is 0. The number of aliphatic imine (C=N–C) groups is 1. The maximum absolute atomic E-state index is 15.9. The average Bonchev–Trinajstić information content (AvgIpc) is 3.58. The van der Waals surface area contributed by atoms with Gasteiger partial charge in [0.05, 0.1) is 33.5 Å². The molecule has 3 aromatic rings. The normalized spacial score (nSPS) is 20.7. The number of hydrogen-bond acceptors (Lipinski definition) is 10. The van der Waals surface area contributed by atoms with Crippen molar-refractivity contribution in [1.82, 2.24) is 25.0 Å². The van der Waals surface area contributed by atoms with Gasteiger partial charge in [-0.05, 0) is 86.9 Å². The predicted molar refractivity (Wildman–Crippen MR) is 205 cm³/mol. The van der Waals surface area contributed by atoms with Gasteiger partial charge in [0, 0.05) is 56.2 Å². The Morgan fingerprint density at radius 2 is 1.84 bits per heavy atom. The molecule has 1 aromatic heterocycles. The molecule has 1 unspecified atom stereocenters. The Bertz CT molecular complexity index is 1700. The highest BCUT2D eigenvalue weighted by atomic mass is 32.2. The molecule has 2 saturated heterocycles. The van der Waals surface area contributed by atoms with Crippen molar-refractivity contribution in [3.05, 3.63) is 75.4 Å².